The molecule has 2 heterocycles. The minimum absolute atomic E-state index is 0.0608. The first-order chi connectivity index (χ1) is 11.0. The molecule has 1 aliphatic rings. The second kappa shape index (κ2) is 6.20. The van der Waals surface area contributed by atoms with Gasteiger partial charge in [0.2, 0.25) is 11.9 Å². The van der Waals surface area contributed by atoms with Gasteiger partial charge in [0, 0.05) is 37.0 Å². The maximum absolute atomic E-state index is 13.7. The average Bonchev–Trinajstić information content (AvgIpc) is 2.50. The Balaban J connectivity index is 1.70. The summed E-state index contributed by atoms with van der Waals surface area (Å²) in [5.74, 6) is 0.492. The van der Waals surface area contributed by atoms with E-state index in [0.29, 0.717) is 24.5 Å². The van der Waals surface area contributed by atoms with E-state index in [1.54, 1.807) is 29.2 Å². The van der Waals surface area contributed by atoms with Gasteiger partial charge in [0.15, 0.2) is 0 Å². The Morgan fingerprint density at radius 2 is 2.04 bits per heavy atom. The lowest BCUT2D eigenvalue weighted by Gasteiger charge is -2.35. The van der Waals surface area contributed by atoms with E-state index in [-0.39, 0.29) is 30.8 Å². The number of carbonyl (C=O) groups is 1. The molecule has 1 aliphatic heterocycles. The van der Waals surface area contributed by atoms with Gasteiger partial charge in [-0.25, -0.2) is 9.37 Å². The molecule has 120 valence electrons. The lowest BCUT2D eigenvalue weighted by Crippen LogP contribution is -2.50. The van der Waals surface area contributed by atoms with Gasteiger partial charge < -0.3 is 15.5 Å². The van der Waals surface area contributed by atoms with Gasteiger partial charge in [-0.1, -0.05) is 18.2 Å². The van der Waals surface area contributed by atoms with Crippen LogP contribution in [0.5, 0.6) is 0 Å². The average molecular weight is 315 g/mol. The molecule has 2 aromatic rings. The summed E-state index contributed by atoms with van der Waals surface area (Å²) in [6.45, 7) is 3.44. The predicted octanol–water partition coefficient (Wildman–Crippen LogP) is 1.36. The van der Waals surface area contributed by atoms with Crippen LogP contribution < -0.4 is 10.6 Å². The third-order valence-electron chi connectivity index (χ3n) is 3.82. The van der Waals surface area contributed by atoms with E-state index in [0.717, 1.165) is 5.69 Å². The van der Waals surface area contributed by atoms with Crippen molar-refractivity contribution in [2.45, 2.75) is 13.5 Å². The molecule has 0 bridgehead atoms. The molecule has 1 aromatic heterocycles. The zero-order valence-corrected chi connectivity index (χ0v) is 12.9. The zero-order chi connectivity index (χ0) is 16.4. The number of rotatable bonds is 3. The van der Waals surface area contributed by atoms with Crippen molar-refractivity contribution in [3.8, 4) is 0 Å². The molecule has 2 N–H and O–H groups in total. The van der Waals surface area contributed by atoms with Gasteiger partial charge >= 0.3 is 0 Å². The van der Waals surface area contributed by atoms with Crippen LogP contribution in [0.25, 0.3) is 0 Å². The van der Waals surface area contributed by atoms with Crippen molar-refractivity contribution in [1.29, 1.82) is 0 Å². The predicted molar refractivity (Wildman–Crippen MR) is 85.2 cm³/mol. The van der Waals surface area contributed by atoms with Crippen LogP contribution in [-0.4, -0.2) is 40.4 Å². The molecular formula is C16H18FN5O. The number of piperazine rings is 1. The van der Waals surface area contributed by atoms with Gasteiger partial charge in [0.1, 0.15) is 11.6 Å². The van der Waals surface area contributed by atoms with E-state index in [1.165, 1.54) is 6.07 Å². The highest BCUT2D eigenvalue weighted by Gasteiger charge is 2.25. The number of hydrogen-bond donors (Lipinski definition) is 1. The van der Waals surface area contributed by atoms with Crippen LogP contribution in [0.15, 0.2) is 30.3 Å². The molecular weight excluding hydrogens is 297 g/mol. The number of aryl methyl sites for hydroxylation is 1. The second-order valence-corrected chi connectivity index (χ2v) is 5.55. The largest absolute Gasteiger partial charge is 0.368 e. The monoisotopic (exact) mass is 315 g/mol. The first-order valence-electron chi connectivity index (χ1n) is 7.40. The van der Waals surface area contributed by atoms with E-state index in [9.17, 15) is 9.18 Å². The van der Waals surface area contributed by atoms with Crippen molar-refractivity contribution < 1.29 is 9.18 Å². The first-order valence-corrected chi connectivity index (χ1v) is 7.40. The summed E-state index contributed by atoms with van der Waals surface area (Å²) in [4.78, 5) is 24.1. The van der Waals surface area contributed by atoms with Crippen LogP contribution in [-0.2, 0) is 11.3 Å². The minimum atomic E-state index is -0.290. The number of amides is 1. The molecule has 1 fully saturated rings. The summed E-state index contributed by atoms with van der Waals surface area (Å²) in [6.07, 6.45) is 0. The Morgan fingerprint density at radius 1 is 1.26 bits per heavy atom. The molecule has 1 amide bonds. The normalized spacial score (nSPS) is 15.1. The van der Waals surface area contributed by atoms with Crippen LogP contribution >= 0.6 is 0 Å². The Bertz CT molecular complexity index is 716. The third-order valence-corrected chi connectivity index (χ3v) is 3.82. The van der Waals surface area contributed by atoms with Crippen LogP contribution in [0.4, 0.5) is 16.2 Å². The molecule has 1 saturated heterocycles. The van der Waals surface area contributed by atoms with Gasteiger partial charge in [-0.05, 0) is 13.0 Å². The number of carbonyl (C=O) groups excluding carboxylic acids is 1. The fourth-order valence-corrected chi connectivity index (χ4v) is 2.64. The quantitative estimate of drug-likeness (QED) is 0.925. The SMILES string of the molecule is Cc1cc(N2CCN(Cc3ccccc3F)C(=O)C2)nc(N)n1. The van der Waals surface area contributed by atoms with Crippen LogP contribution in [0.2, 0.25) is 0 Å². The van der Waals surface area contributed by atoms with Gasteiger partial charge in [-0.15, -0.1) is 0 Å². The minimum Gasteiger partial charge on any atom is -0.368 e. The summed E-state index contributed by atoms with van der Waals surface area (Å²) < 4.78 is 13.7. The number of nitrogens with zero attached hydrogens (tertiary/aromatic N) is 4. The summed E-state index contributed by atoms with van der Waals surface area (Å²) in [5, 5.41) is 0. The Kier molecular flexibility index (Phi) is 4.10. The van der Waals surface area contributed by atoms with Crippen LogP contribution in [0, 0.1) is 12.7 Å². The molecule has 1 aromatic carbocycles. The van der Waals surface area contributed by atoms with Crippen molar-refractivity contribution in [2.75, 3.05) is 30.3 Å². The first kappa shape index (κ1) is 15.2. The Morgan fingerprint density at radius 3 is 2.74 bits per heavy atom. The van der Waals surface area contributed by atoms with Gasteiger partial charge in [0.25, 0.3) is 0 Å². The molecule has 7 heteroatoms. The lowest BCUT2D eigenvalue weighted by molar-refractivity contribution is -0.131. The molecule has 0 aliphatic carbocycles. The number of halogens is 1. The fraction of sp³-hybridized carbons (Fsp3) is 0.312. The molecule has 23 heavy (non-hydrogen) atoms. The molecule has 6 nitrogen and oxygen atoms in total. The highest BCUT2D eigenvalue weighted by atomic mass is 19.1. The van der Waals surface area contributed by atoms with E-state index >= 15 is 0 Å². The number of hydrogen-bond acceptors (Lipinski definition) is 5. The Labute approximate surface area is 133 Å². The maximum atomic E-state index is 13.7. The molecule has 0 spiro atoms. The smallest absolute Gasteiger partial charge is 0.242 e. The van der Waals surface area contributed by atoms with Crippen molar-refractivity contribution in [3.05, 3.63) is 47.4 Å². The highest BCUT2D eigenvalue weighted by molar-refractivity contribution is 5.82. The highest BCUT2D eigenvalue weighted by Crippen LogP contribution is 2.18. The number of aromatic nitrogens is 2. The molecule has 0 radical (unpaired) electrons. The molecule has 3 rings (SSSR count). The van der Waals surface area contributed by atoms with Crippen LogP contribution in [0.1, 0.15) is 11.3 Å². The Hall–Kier alpha value is -2.70. The summed E-state index contributed by atoms with van der Waals surface area (Å²) >= 11 is 0. The second-order valence-electron chi connectivity index (χ2n) is 5.55. The summed E-state index contributed by atoms with van der Waals surface area (Å²) in [7, 11) is 0. The summed E-state index contributed by atoms with van der Waals surface area (Å²) in [5.41, 5.74) is 6.94. The fourth-order valence-electron chi connectivity index (χ4n) is 2.64. The third kappa shape index (κ3) is 3.39. The number of anilines is 2. The van der Waals surface area contributed by atoms with Crippen molar-refractivity contribution in [1.82, 2.24) is 14.9 Å². The van der Waals surface area contributed by atoms with Crippen LogP contribution in [0.3, 0.4) is 0 Å². The van der Waals surface area contributed by atoms with E-state index in [4.69, 9.17) is 5.73 Å². The number of benzene rings is 1. The maximum Gasteiger partial charge on any atom is 0.242 e. The van der Waals surface area contributed by atoms with Gasteiger partial charge in [-0.2, -0.15) is 4.98 Å². The lowest BCUT2D eigenvalue weighted by atomic mass is 10.2. The molecule has 0 unspecified atom stereocenters. The van der Waals surface area contributed by atoms with E-state index < -0.39 is 0 Å². The van der Waals surface area contributed by atoms with Gasteiger partial charge in [-0.3, -0.25) is 4.79 Å². The molecule has 0 atom stereocenters. The summed E-state index contributed by atoms with van der Waals surface area (Å²) in [6, 6.07) is 8.31. The van der Waals surface area contributed by atoms with Gasteiger partial charge in [0.05, 0.1) is 6.54 Å². The van der Waals surface area contributed by atoms with Crippen molar-refractivity contribution >= 4 is 17.7 Å². The van der Waals surface area contributed by atoms with E-state index in [2.05, 4.69) is 9.97 Å². The standard InChI is InChI=1S/C16H18FN5O/c1-11-8-14(20-16(18)19-11)21-6-7-22(15(23)10-21)9-12-4-2-3-5-13(12)17/h2-5,8H,6-7,9-10H2,1H3,(H2,18,19,20). The topological polar surface area (TPSA) is 75.3 Å². The number of nitrogen functional groups attached to an aromatic ring is 1. The van der Waals surface area contributed by atoms with Crippen molar-refractivity contribution in [2.24, 2.45) is 0 Å². The molecule has 0 saturated carbocycles. The van der Waals surface area contributed by atoms with Crippen molar-refractivity contribution in [3.63, 3.8) is 0 Å². The van der Waals surface area contributed by atoms with E-state index in [1.807, 2.05) is 11.8 Å². The number of nitrogens with two attached hydrogens (primary N) is 1. The zero-order valence-electron chi connectivity index (χ0n) is 12.9.